The Morgan fingerprint density at radius 2 is 0.857 bits per heavy atom. The lowest BCUT2D eigenvalue weighted by atomic mass is 10.1. The summed E-state index contributed by atoms with van der Waals surface area (Å²) in [6, 6.07) is 6.69. The van der Waals surface area contributed by atoms with Crippen LogP contribution in [0.25, 0.3) is 0 Å². The topological polar surface area (TPSA) is 80.9 Å². The van der Waals surface area contributed by atoms with Gasteiger partial charge in [0, 0.05) is 0 Å². The number of aryl methyl sites for hydroxylation is 4. The highest BCUT2D eigenvalue weighted by atomic mass is 16.3. The van der Waals surface area contributed by atoms with Crippen molar-refractivity contribution in [3.8, 4) is 23.0 Å². The van der Waals surface area contributed by atoms with Crippen molar-refractivity contribution >= 4 is 0 Å². The molecule has 0 atom stereocenters. The number of benzene rings is 2. The average Bonchev–Trinajstić information content (AvgIpc) is 2.33. The summed E-state index contributed by atoms with van der Waals surface area (Å²) in [5.74, 6) is -0.133. The van der Waals surface area contributed by atoms with Crippen LogP contribution in [0.15, 0.2) is 24.3 Å². The molecule has 0 aromatic heterocycles. The zero-order valence-corrected chi connectivity index (χ0v) is 12.1. The third kappa shape index (κ3) is 4.91. The fourth-order valence-electron chi connectivity index (χ4n) is 1.88. The van der Waals surface area contributed by atoms with E-state index in [0.717, 1.165) is 11.1 Å². The van der Waals surface area contributed by atoms with E-state index in [1.807, 2.05) is 26.0 Å². The SMILES string of the molecule is C.Cc1cc(C)c(O)c(O)c1.Cc1cc(C)c(O)c(O)c1. The molecular weight excluding hydrogens is 268 g/mol. The van der Waals surface area contributed by atoms with Crippen LogP contribution < -0.4 is 0 Å². The first-order chi connectivity index (χ1) is 9.22. The smallest absolute Gasteiger partial charge is 0.160 e. The van der Waals surface area contributed by atoms with Crippen LogP contribution in [0.5, 0.6) is 23.0 Å². The molecule has 116 valence electrons. The fraction of sp³-hybridized carbons (Fsp3) is 0.294. The van der Waals surface area contributed by atoms with Crippen LogP contribution >= 0.6 is 0 Å². The van der Waals surface area contributed by atoms with Crippen LogP contribution in [0.4, 0.5) is 0 Å². The van der Waals surface area contributed by atoms with Crippen molar-refractivity contribution in [2.24, 2.45) is 0 Å². The van der Waals surface area contributed by atoms with E-state index in [2.05, 4.69) is 0 Å². The van der Waals surface area contributed by atoms with Gasteiger partial charge in [0.1, 0.15) is 0 Å². The van der Waals surface area contributed by atoms with Gasteiger partial charge in [-0.15, -0.1) is 0 Å². The Labute approximate surface area is 126 Å². The minimum absolute atomic E-state index is 0. The Hall–Kier alpha value is -2.36. The first kappa shape index (κ1) is 18.6. The Bertz CT molecular complexity index is 517. The monoisotopic (exact) mass is 292 g/mol. The molecule has 0 aliphatic carbocycles. The first-order valence-electron chi connectivity index (χ1n) is 6.20. The van der Waals surface area contributed by atoms with Crippen LogP contribution in [0.3, 0.4) is 0 Å². The Morgan fingerprint density at radius 1 is 0.571 bits per heavy atom. The molecule has 0 heterocycles. The highest BCUT2D eigenvalue weighted by molar-refractivity contribution is 5.47. The summed E-state index contributed by atoms with van der Waals surface area (Å²) in [4.78, 5) is 0. The van der Waals surface area contributed by atoms with Crippen LogP contribution in [-0.2, 0) is 0 Å². The standard InChI is InChI=1S/2C8H10O2.CH4/c2*1-5-3-6(2)8(10)7(9)4-5;/h2*3-4,9-10H,1-2H3;1H4. The lowest BCUT2D eigenvalue weighted by molar-refractivity contribution is 0.400. The fourth-order valence-corrected chi connectivity index (χ4v) is 1.88. The highest BCUT2D eigenvalue weighted by Gasteiger charge is 2.02. The average molecular weight is 292 g/mol. The second-order valence-corrected chi connectivity index (χ2v) is 4.90. The second-order valence-electron chi connectivity index (χ2n) is 4.90. The molecule has 2 aromatic rings. The minimum atomic E-state index is -0.0440. The third-order valence-corrected chi connectivity index (χ3v) is 2.85. The Kier molecular flexibility index (Phi) is 6.59. The number of phenolic OH excluding ortho intramolecular Hbond substituents is 4. The quantitative estimate of drug-likeness (QED) is 0.552. The molecular formula is C17H24O4. The molecule has 0 radical (unpaired) electrons. The summed E-state index contributed by atoms with van der Waals surface area (Å²) in [5.41, 5.74) is 3.32. The molecule has 0 aliphatic heterocycles. The second kappa shape index (κ2) is 7.43. The molecule has 0 bridgehead atoms. The van der Waals surface area contributed by atoms with Gasteiger partial charge in [-0.25, -0.2) is 0 Å². The van der Waals surface area contributed by atoms with Crippen molar-refractivity contribution in [3.05, 3.63) is 46.5 Å². The minimum Gasteiger partial charge on any atom is -0.504 e. The predicted octanol–water partition coefficient (Wildman–Crippen LogP) is 4.07. The molecule has 2 rings (SSSR count). The summed E-state index contributed by atoms with van der Waals surface area (Å²) in [6.07, 6.45) is 0. The van der Waals surface area contributed by atoms with Gasteiger partial charge >= 0.3 is 0 Å². The zero-order valence-electron chi connectivity index (χ0n) is 12.1. The molecule has 0 fully saturated rings. The number of aromatic hydroxyl groups is 4. The molecule has 0 saturated carbocycles. The lowest BCUT2D eigenvalue weighted by Gasteiger charge is -2.01. The highest BCUT2D eigenvalue weighted by Crippen LogP contribution is 2.29. The zero-order chi connectivity index (χ0) is 15.4. The first-order valence-corrected chi connectivity index (χ1v) is 6.20. The van der Waals surface area contributed by atoms with Crippen molar-refractivity contribution in [3.63, 3.8) is 0 Å². The van der Waals surface area contributed by atoms with Gasteiger partial charge in [-0.3, -0.25) is 0 Å². The molecule has 0 saturated heterocycles. The van der Waals surface area contributed by atoms with Crippen LogP contribution in [0.2, 0.25) is 0 Å². The van der Waals surface area contributed by atoms with Gasteiger partial charge in [0.05, 0.1) is 0 Å². The maximum atomic E-state index is 9.08. The summed E-state index contributed by atoms with van der Waals surface area (Å²) >= 11 is 0. The van der Waals surface area contributed by atoms with Gasteiger partial charge in [0.2, 0.25) is 0 Å². The summed E-state index contributed by atoms with van der Waals surface area (Å²) in [6.45, 7) is 7.24. The summed E-state index contributed by atoms with van der Waals surface area (Å²) in [7, 11) is 0. The number of hydrogen-bond donors (Lipinski definition) is 4. The molecule has 0 spiro atoms. The largest absolute Gasteiger partial charge is 0.504 e. The van der Waals surface area contributed by atoms with Crippen molar-refractivity contribution < 1.29 is 20.4 Å². The van der Waals surface area contributed by atoms with Crippen molar-refractivity contribution in [1.29, 1.82) is 0 Å². The van der Waals surface area contributed by atoms with E-state index in [-0.39, 0.29) is 30.4 Å². The maximum absolute atomic E-state index is 9.08. The van der Waals surface area contributed by atoms with Gasteiger partial charge in [-0.1, -0.05) is 19.6 Å². The van der Waals surface area contributed by atoms with Gasteiger partial charge in [-0.05, 0) is 62.1 Å². The maximum Gasteiger partial charge on any atom is 0.160 e. The van der Waals surface area contributed by atoms with Crippen LogP contribution in [-0.4, -0.2) is 20.4 Å². The molecule has 0 aliphatic rings. The molecule has 4 heteroatoms. The molecule has 0 amide bonds. The number of phenols is 4. The van der Waals surface area contributed by atoms with Crippen molar-refractivity contribution in [1.82, 2.24) is 0 Å². The summed E-state index contributed by atoms with van der Waals surface area (Å²) in [5, 5.41) is 36.2. The van der Waals surface area contributed by atoms with Gasteiger partial charge in [0.15, 0.2) is 23.0 Å². The molecule has 2 aromatic carbocycles. The molecule has 0 unspecified atom stereocenters. The third-order valence-electron chi connectivity index (χ3n) is 2.85. The summed E-state index contributed by atoms with van der Waals surface area (Å²) < 4.78 is 0. The molecule has 4 nitrogen and oxygen atoms in total. The van der Waals surface area contributed by atoms with Gasteiger partial charge in [0.25, 0.3) is 0 Å². The van der Waals surface area contributed by atoms with Crippen molar-refractivity contribution in [2.45, 2.75) is 35.1 Å². The van der Waals surface area contributed by atoms with E-state index in [1.54, 1.807) is 13.8 Å². The van der Waals surface area contributed by atoms with E-state index in [0.29, 0.717) is 11.1 Å². The Balaban J connectivity index is 0.000000364. The van der Waals surface area contributed by atoms with E-state index in [1.165, 1.54) is 12.1 Å². The normalized spacial score (nSPS) is 9.33. The van der Waals surface area contributed by atoms with Crippen LogP contribution in [0, 0.1) is 27.7 Å². The van der Waals surface area contributed by atoms with E-state index in [4.69, 9.17) is 20.4 Å². The van der Waals surface area contributed by atoms with E-state index < -0.39 is 0 Å². The Morgan fingerprint density at radius 3 is 1.10 bits per heavy atom. The van der Waals surface area contributed by atoms with Crippen molar-refractivity contribution in [2.75, 3.05) is 0 Å². The van der Waals surface area contributed by atoms with Crippen LogP contribution in [0.1, 0.15) is 29.7 Å². The van der Waals surface area contributed by atoms with Gasteiger partial charge in [-0.2, -0.15) is 0 Å². The number of rotatable bonds is 0. The lowest BCUT2D eigenvalue weighted by Crippen LogP contribution is -1.78. The van der Waals surface area contributed by atoms with Gasteiger partial charge < -0.3 is 20.4 Å². The molecule has 21 heavy (non-hydrogen) atoms. The van der Waals surface area contributed by atoms with E-state index >= 15 is 0 Å². The van der Waals surface area contributed by atoms with E-state index in [9.17, 15) is 0 Å². The number of hydrogen-bond acceptors (Lipinski definition) is 4. The predicted molar refractivity (Wildman–Crippen MR) is 85.2 cm³/mol. The molecule has 4 N–H and O–H groups in total.